The van der Waals surface area contributed by atoms with E-state index in [1.165, 1.54) is 0 Å². The highest BCUT2D eigenvalue weighted by molar-refractivity contribution is 6.31. The fourth-order valence-electron chi connectivity index (χ4n) is 1.49. The number of carbonyl (C=O) groups is 1. The van der Waals surface area contributed by atoms with Crippen LogP contribution in [0.5, 0.6) is 0 Å². The van der Waals surface area contributed by atoms with E-state index < -0.39 is 5.97 Å². The van der Waals surface area contributed by atoms with E-state index >= 15 is 0 Å². The van der Waals surface area contributed by atoms with E-state index in [-0.39, 0.29) is 6.42 Å². The van der Waals surface area contributed by atoms with E-state index in [2.05, 4.69) is 0 Å². The molecule has 0 saturated heterocycles. The number of aromatic nitrogens is 1. The second kappa shape index (κ2) is 4.51. The Morgan fingerprint density at radius 3 is 2.64 bits per heavy atom. The molecular weight excluding hydrogens is 202 g/mol. The zero-order valence-corrected chi connectivity index (χ0v) is 9.14. The lowest BCUT2D eigenvalue weighted by Crippen LogP contribution is -2.04. The van der Waals surface area contributed by atoms with Crippen LogP contribution < -0.4 is 0 Å². The molecule has 0 bridgehead atoms. The lowest BCUT2D eigenvalue weighted by atomic mass is 10.3. The lowest BCUT2D eigenvalue weighted by Gasteiger charge is -2.07. The second-order valence-electron chi connectivity index (χ2n) is 3.37. The lowest BCUT2D eigenvalue weighted by molar-refractivity contribution is -0.137. The fraction of sp³-hybridized carbons (Fsp3) is 0.500. The Kier molecular flexibility index (Phi) is 3.58. The number of hydrogen-bond acceptors (Lipinski definition) is 1. The van der Waals surface area contributed by atoms with Crippen LogP contribution in [0.1, 0.15) is 24.2 Å². The van der Waals surface area contributed by atoms with E-state index in [9.17, 15) is 4.79 Å². The maximum Gasteiger partial charge on any atom is 0.303 e. The van der Waals surface area contributed by atoms with Gasteiger partial charge in [0.05, 0.1) is 5.02 Å². The Hall–Kier alpha value is -0.960. The molecule has 78 valence electrons. The maximum atomic E-state index is 10.3. The van der Waals surface area contributed by atoms with Crippen molar-refractivity contribution in [2.45, 2.75) is 33.2 Å². The molecule has 0 aliphatic rings. The summed E-state index contributed by atoms with van der Waals surface area (Å²) in [7, 11) is 0. The van der Waals surface area contributed by atoms with Gasteiger partial charge >= 0.3 is 5.97 Å². The Morgan fingerprint density at radius 2 is 2.21 bits per heavy atom. The Bertz CT molecular complexity index is 344. The molecule has 0 unspecified atom stereocenters. The minimum Gasteiger partial charge on any atom is -0.481 e. The van der Waals surface area contributed by atoms with Crippen molar-refractivity contribution in [1.82, 2.24) is 4.57 Å². The molecule has 0 aliphatic carbocycles. The third-order valence-electron chi connectivity index (χ3n) is 2.28. The average molecular weight is 216 g/mol. The van der Waals surface area contributed by atoms with Gasteiger partial charge in [-0.15, -0.1) is 0 Å². The minimum atomic E-state index is -0.751. The van der Waals surface area contributed by atoms with Crippen molar-refractivity contribution in [3.05, 3.63) is 22.5 Å². The smallest absolute Gasteiger partial charge is 0.303 e. The first-order chi connectivity index (χ1) is 6.52. The van der Waals surface area contributed by atoms with Gasteiger partial charge in [-0.3, -0.25) is 4.79 Å². The Balaban J connectivity index is 2.62. The number of aryl methyl sites for hydroxylation is 1. The van der Waals surface area contributed by atoms with Gasteiger partial charge in [0.1, 0.15) is 0 Å². The van der Waals surface area contributed by atoms with Crippen LogP contribution in [-0.4, -0.2) is 15.6 Å². The van der Waals surface area contributed by atoms with Gasteiger partial charge in [-0.05, 0) is 26.3 Å². The van der Waals surface area contributed by atoms with Crippen LogP contribution in [0.25, 0.3) is 0 Å². The van der Waals surface area contributed by atoms with Gasteiger partial charge in [-0.25, -0.2) is 0 Å². The van der Waals surface area contributed by atoms with Crippen LogP contribution in [-0.2, 0) is 11.3 Å². The first kappa shape index (κ1) is 11.1. The van der Waals surface area contributed by atoms with E-state index in [0.717, 1.165) is 23.0 Å². The number of nitrogens with zero attached hydrogens (tertiary/aromatic N) is 1. The summed E-state index contributed by atoms with van der Waals surface area (Å²) in [5.41, 5.74) is 2.09. The topological polar surface area (TPSA) is 42.2 Å². The zero-order valence-electron chi connectivity index (χ0n) is 8.38. The van der Waals surface area contributed by atoms with Crippen molar-refractivity contribution in [1.29, 1.82) is 0 Å². The fourth-order valence-corrected chi connectivity index (χ4v) is 1.75. The number of hydrogen-bond donors (Lipinski definition) is 1. The molecule has 0 aliphatic heterocycles. The molecule has 0 amide bonds. The molecule has 1 N–H and O–H groups in total. The highest BCUT2D eigenvalue weighted by atomic mass is 35.5. The number of aliphatic carboxylic acids is 1. The van der Waals surface area contributed by atoms with Gasteiger partial charge in [-0.2, -0.15) is 0 Å². The molecular formula is C10H14ClNO2. The van der Waals surface area contributed by atoms with Crippen LogP contribution in [0.3, 0.4) is 0 Å². The quantitative estimate of drug-likeness (QED) is 0.839. The Morgan fingerprint density at radius 1 is 1.57 bits per heavy atom. The van der Waals surface area contributed by atoms with Crippen molar-refractivity contribution >= 4 is 17.6 Å². The summed E-state index contributed by atoms with van der Waals surface area (Å²) in [5.74, 6) is -0.751. The molecule has 1 aromatic rings. The van der Waals surface area contributed by atoms with Gasteiger partial charge < -0.3 is 9.67 Å². The summed E-state index contributed by atoms with van der Waals surface area (Å²) >= 11 is 5.94. The predicted molar refractivity (Wildman–Crippen MR) is 55.8 cm³/mol. The highest BCUT2D eigenvalue weighted by Crippen LogP contribution is 2.20. The number of halogens is 1. The summed E-state index contributed by atoms with van der Waals surface area (Å²) < 4.78 is 2.05. The molecule has 14 heavy (non-hydrogen) atoms. The van der Waals surface area contributed by atoms with Crippen molar-refractivity contribution in [2.75, 3.05) is 0 Å². The van der Waals surface area contributed by atoms with Gasteiger partial charge in [0.15, 0.2) is 0 Å². The summed E-state index contributed by atoms with van der Waals surface area (Å²) in [6.45, 7) is 4.63. The molecule has 1 heterocycles. The molecule has 1 rings (SSSR count). The third-order valence-corrected chi connectivity index (χ3v) is 2.67. The summed E-state index contributed by atoms with van der Waals surface area (Å²) in [5, 5.41) is 9.25. The molecule has 0 atom stereocenters. The van der Waals surface area contributed by atoms with Crippen molar-refractivity contribution in [3.8, 4) is 0 Å². The molecule has 1 aromatic heterocycles. The minimum absolute atomic E-state index is 0.203. The largest absolute Gasteiger partial charge is 0.481 e. The van der Waals surface area contributed by atoms with E-state index in [1.54, 1.807) is 0 Å². The first-order valence-corrected chi connectivity index (χ1v) is 4.94. The molecule has 0 fully saturated rings. The molecule has 0 saturated carbocycles. The molecule has 4 heteroatoms. The van der Waals surface area contributed by atoms with Crippen LogP contribution >= 0.6 is 11.6 Å². The van der Waals surface area contributed by atoms with Crippen molar-refractivity contribution in [3.63, 3.8) is 0 Å². The average Bonchev–Trinajstić information content (AvgIpc) is 2.31. The zero-order chi connectivity index (χ0) is 10.7. The Labute approximate surface area is 88.3 Å². The highest BCUT2D eigenvalue weighted by Gasteiger charge is 2.06. The van der Waals surface area contributed by atoms with E-state index in [1.807, 2.05) is 24.5 Å². The third kappa shape index (κ3) is 2.51. The van der Waals surface area contributed by atoms with Gasteiger partial charge in [-0.1, -0.05) is 11.6 Å². The molecule has 0 radical (unpaired) electrons. The van der Waals surface area contributed by atoms with Crippen LogP contribution in [0.15, 0.2) is 6.07 Å². The normalized spacial score (nSPS) is 10.5. The van der Waals surface area contributed by atoms with Gasteiger partial charge in [0.25, 0.3) is 0 Å². The summed E-state index contributed by atoms with van der Waals surface area (Å²) in [4.78, 5) is 10.3. The second-order valence-corrected chi connectivity index (χ2v) is 3.78. The SMILES string of the molecule is Cc1cc(Cl)c(C)n1CCCC(=O)O. The summed E-state index contributed by atoms with van der Waals surface area (Å²) in [6, 6.07) is 1.90. The van der Waals surface area contributed by atoms with Gasteiger partial charge in [0, 0.05) is 24.4 Å². The van der Waals surface area contributed by atoms with Crippen molar-refractivity contribution < 1.29 is 9.90 Å². The van der Waals surface area contributed by atoms with E-state index in [0.29, 0.717) is 6.42 Å². The number of carboxylic acid groups (broad SMARTS) is 1. The molecule has 3 nitrogen and oxygen atoms in total. The summed E-state index contributed by atoms with van der Waals surface area (Å²) in [6.07, 6.45) is 0.844. The first-order valence-electron chi connectivity index (χ1n) is 4.56. The van der Waals surface area contributed by atoms with Crippen LogP contribution in [0.2, 0.25) is 5.02 Å². The maximum absolute atomic E-state index is 10.3. The predicted octanol–water partition coefficient (Wildman–Crippen LogP) is 2.62. The standard InChI is InChI=1S/C10H14ClNO2/c1-7-6-9(11)8(2)12(7)5-3-4-10(13)14/h6H,3-5H2,1-2H3,(H,13,14). The number of rotatable bonds is 4. The number of carboxylic acids is 1. The molecule has 0 spiro atoms. The van der Waals surface area contributed by atoms with Crippen molar-refractivity contribution in [2.24, 2.45) is 0 Å². The van der Waals surface area contributed by atoms with E-state index in [4.69, 9.17) is 16.7 Å². The van der Waals surface area contributed by atoms with Gasteiger partial charge in [0.2, 0.25) is 0 Å². The monoisotopic (exact) mass is 215 g/mol. The van der Waals surface area contributed by atoms with Crippen LogP contribution in [0, 0.1) is 13.8 Å². The van der Waals surface area contributed by atoms with Crippen LogP contribution in [0.4, 0.5) is 0 Å². The molecule has 0 aromatic carbocycles.